The molecule has 0 amide bonds. The Balaban J connectivity index is 3.59. The molecule has 0 bridgehead atoms. The number of nitrogens with zero attached hydrogens (tertiary/aromatic N) is 1. The molecular formula is C4H5ClN2O. The minimum Gasteiger partial charge on any atom is -0.390 e. The van der Waals surface area contributed by atoms with Crippen molar-refractivity contribution in [3.8, 4) is 6.19 Å². The number of rotatable bonds is 2. The summed E-state index contributed by atoms with van der Waals surface area (Å²) in [4.78, 5) is 0. The molecule has 0 aliphatic carbocycles. The number of aliphatic hydroxyl groups excluding tert-OH is 1. The topological polar surface area (TPSA) is 56.0 Å². The van der Waals surface area contributed by atoms with Crippen LogP contribution in [0.5, 0.6) is 0 Å². The number of nitriles is 1. The van der Waals surface area contributed by atoms with Crippen molar-refractivity contribution in [1.29, 1.82) is 5.26 Å². The van der Waals surface area contributed by atoms with Gasteiger partial charge in [-0.1, -0.05) is 11.6 Å². The Morgan fingerprint density at radius 3 is 2.75 bits per heavy atom. The molecule has 0 spiro atoms. The molecule has 0 saturated heterocycles. The first-order chi connectivity index (χ1) is 3.85. The van der Waals surface area contributed by atoms with Crippen LogP contribution in [-0.4, -0.2) is 11.7 Å². The van der Waals surface area contributed by atoms with Gasteiger partial charge >= 0.3 is 0 Å². The molecule has 4 heteroatoms. The first kappa shape index (κ1) is 7.28. The fourth-order valence-corrected chi connectivity index (χ4v) is 0.297. The zero-order valence-electron chi connectivity index (χ0n) is 4.06. The van der Waals surface area contributed by atoms with Crippen LogP contribution in [0.1, 0.15) is 0 Å². The summed E-state index contributed by atoms with van der Waals surface area (Å²) in [5.41, 5.74) is 1.41. The summed E-state index contributed by atoms with van der Waals surface area (Å²) < 4.78 is 0. The zero-order chi connectivity index (χ0) is 6.41. The smallest absolute Gasteiger partial charge is 0.181 e. The third-order valence-corrected chi connectivity index (χ3v) is 0.782. The molecule has 0 unspecified atom stereocenters. The van der Waals surface area contributed by atoms with Gasteiger partial charge in [0.05, 0.1) is 12.3 Å². The highest BCUT2D eigenvalue weighted by Crippen LogP contribution is 1.87. The van der Waals surface area contributed by atoms with Gasteiger partial charge in [0.15, 0.2) is 6.19 Å². The van der Waals surface area contributed by atoms with E-state index in [1.807, 2.05) is 0 Å². The highest BCUT2D eigenvalue weighted by molar-refractivity contribution is 6.25. The predicted molar refractivity (Wildman–Crippen MR) is 29.8 cm³/mol. The van der Waals surface area contributed by atoms with Crippen LogP contribution in [0, 0.1) is 11.5 Å². The van der Waals surface area contributed by atoms with Gasteiger partial charge in [-0.05, 0) is 0 Å². The maximum atomic E-state index is 8.29. The predicted octanol–water partition coefficient (Wildman–Crippen LogP) is 0.130. The van der Waals surface area contributed by atoms with Crippen molar-refractivity contribution in [3.05, 3.63) is 11.2 Å². The Kier molecular flexibility index (Phi) is 4.04. The molecule has 0 rings (SSSR count). The number of aliphatic hydroxyl groups is 1. The fraction of sp³-hybridized carbons (Fsp3) is 0.250. The summed E-state index contributed by atoms with van der Waals surface area (Å²) in [7, 11) is 0. The van der Waals surface area contributed by atoms with Gasteiger partial charge in [-0.2, -0.15) is 5.26 Å². The van der Waals surface area contributed by atoms with Crippen molar-refractivity contribution in [2.45, 2.75) is 0 Å². The second kappa shape index (κ2) is 4.44. The molecule has 0 atom stereocenters. The standard InChI is InChI=1S/C4H5ClN2O/c5-1-4(2-8)7-3-6/h1,7-8H,2H2. The van der Waals surface area contributed by atoms with E-state index in [0.717, 1.165) is 5.54 Å². The molecule has 44 valence electrons. The van der Waals surface area contributed by atoms with E-state index in [0.29, 0.717) is 5.70 Å². The quantitative estimate of drug-likeness (QED) is 0.415. The summed E-state index contributed by atoms with van der Waals surface area (Å²) in [5, 5.41) is 18.4. The molecule has 0 aliphatic heterocycles. The number of hydrogen-bond donors (Lipinski definition) is 2. The lowest BCUT2D eigenvalue weighted by Crippen LogP contribution is -2.07. The van der Waals surface area contributed by atoms with E-state index in [1.54, 1.807) is 6.19 Å². The van der Waals surface area contributed by atoms with E-state index in [1.165, 1.54) is 0 Å². The summed E-state index contributed by atoms with van der Waals surface area (Å²) in [6.07, 6.45) is 1.61. The monoisotopic (exact) mass is 132 g/mol. The van der Waals surface area contributed by atoms with Gasteiger partial charge in [0.2, 0.25) is 0 Å². The second-order valence-electron chi connectivity index (χ2n) is 1.03. The van der Waals surface area contributed by atoms with Crippen LogP contribution in [0.2, 0.25) is 0 Å². The molecule has 8 heavy (non-hydrogen) atoms. The van der Waals surface area contributed by atoms with E-state index in [-0.39, 0.29) is 6.61 Å². The van der Waals surface area contributed by atoms with Crippen LogP contribution in [0.15, 0.2) is 11.2 Å². The Morgan fingerprint density at radius 2 is 2.62 bits per heavy atom. The molecule has 3 nitrogen and oxygen atoms in total. The van der Waals surface area contributed by atoms with E-state index in [4.69, 9.17) is 22.0 Å². The van der Waals surface area contributed by atoms with Crippen molar-refractivity contribution in [1.82, 2.24) is 5.32 Å². The SMILES string of the molecule is N#CNC(=CCl)CO. The van der Waals surface area contributed by atoms with Crippen LogP contribution >= 0.6 is 11.6 Å². The number of nitrogens with one attached hydrogen (secondary N) is 1. The molecule has 0 radical (unpaired) electrons. The van der Waals surface area contributed by atoms with Crippen molar-refractivity contribution in [3.63, 3.8) is 0 Å². The lowest BCUT2D eigenvalue weighted by molar-refractivity contribution is 0.326. The number of halogens is 1. The van der Waals surface area contributed by atoms with Crippen LogP contribution in [0.3, 0.4) is 0 Å². The molecule has 0 aromatic rings. The highest BCUT2D eigenvalue weighted by atomic mass is 35.5. The zero-order valence-corrected chi connectivity index (χ0v) is 4.81. The maximum absolute atomic E-state index is 8.29. The molecule has 0 saturated carbocycles. The van der Waals surface area contributed by atoms with Gasteiger partial charge < -0.3 is 5.11 Å². The van der Waals surface area contributed by atoms with Crippen LogP contribution in [0.25, 0.3) is 0 Å². The van der Waals surface area contributed by atoms with E-state index >= 15 is 0 Å². The second-order valence-corrected chi connectivity index (χ2v) is 1.25. The average molecular weight is 133 g/mol. The van der Waals surface area contributed by atoms with Gasteiger partial charge in [0.1, 0.15) is 0 Å². The van der Waals surface area contributed by atoms with E-state index in [9.17, 15) is 0 Å². The molecule has 0 aromatic heterocycles. The Hall–Kier alpha value is -0.720. The molecule has 0 aromatic carbocycles. The fourth-order valence-electron chi connectivity index (χ4n) is 0.173. The first-order valence-electron chi connectivity index (χ1n) is 1.90. The van der Waals surface area contributed by atoms with Crippen LogP contribution < -0.4 is 5.32 Å². The van der Waals surface area contributed by atoms with Crippen LogP contribution in [0.4, 0.5) is 0 Å². The van der Waals surface area contributed by atoms with Crippen molar-refractivity contribution >= 4 is 11.6 Å². The summed E-state index contributed by atoms with van der Waals surface area (Å²) in [5.74, 6) is 0. The van der Waals surface area contributed by atoms with Gasteiger partial charge in [0.25, 0.3) is 0 Å². The highest BCUT2D eigenvalue weighted by Gasteiger charge is 1.86. The lowest BCUT2D eigenvalue weighted by Gasteiger charge is -1.93. The molecule has 2 N–H and O–H groups in total. The first-order valence-corrected chi connectivity index (χ1v) is 2.34. The van der Waals surface area contributed by atoms with E-state index in [2.05, 4.69) is 5.32 Å². The van der Waals surface area contributed by atoms with Gasteiger partial charge in [-0.25, -0.2) is 0 Å². The minimum absolute atomic E-state index is 0.239. The van der Waals surface area contributed by atoms with Gasteiger partial charge in [0, 0.05) is 5.54 Å². The molecule has 0 fully saturated rings. The summed E-state index contributed by atoms with van der Waals surface area (Å²) in [6.45, 7) is -0.239. The third kappa shape index (κ3) is 2.45. The third-order valence-electron chi connectivity index (χ3n) is 0.519. The largest absolute Gasteiger partial charge is 0.390 e. The Bertz CT molecular complexity index is 126. The minimum atomic E-state index is -0.239. The van der Waals surface area contributed by atoms with Crippen molar-refractivity contribution < 1.29 is 5.11 Å². The normalized spacial score (nSPS) is 10.4. The number of hydrogen-bond acceptors (Lipinski definition) is 3. The molecule has 0 heterocycles. The van der Waals surface area contributed by atoms with Crippen molar-refractivity contribution in [2.75, 3.05) is 6.61 Å². The Morgan fingerprint density at radius 1 is 2.00 bits per heavy atom. The lowest BCUT2D eigenvalue weighted by atomic mass is 10.5. The Labute approximate surface area is 52.2 Å². The molecular weight excluding hydrogens is 128 g/mol. The van der Waals surface area contributed by atoms with Gasteiger partial charge in [-0.15, -0.1) is 0 Å². The summed E-state index contributed by atoms with van der Waals surface area (Å²) in [6, 6.07) is 0. The average Bonchev–Trinajstić information content (AvgIpc) is 1.83. The van der Waals surface area contributed by atoms with Crippen molar-refractivity contribution in [2.24, 2.45) is 0 Å². The van der Waals surface area contributed by atoms with Gasteiger partial charge in [-0.3, -0.25) is 5.32 Å². The maximum Gasteiger partial charge on any atom is 0.181 e. The molecule has 0 aliphatic rings. The van der Waals surface area contributed by atoms with E-state index < -0.39 is 0 Å². The summed E-state index contributed by atoms with van der Waals surface area (Å²) >= 11 is 5.11. The van der Waals surface area contributed by atoms with Crippen LogP contribution in [-0.2, 0) is 0 Å².